The summed E-state index contributed by atoms with van der Waals surface area (Å²) in [7, 11) is 0. The number of halogens is 1. The van der Waals surface area contributed by atoms with Gasteiger partial charge in [-0.25, -0.2) is 0 Å². The van der Waals surface area contributed by atoms with Crippen molar-refractivity contribution in [1.29, 1.82) is 0 Å². The van der Waals surface area contributed by atoms with Crippen LogP contribution in [0.5, 0.6) is 0 Å². The highest BCUT2D eigenvalue weighted by molar-refractivity contribution is 7.99. The number of nitro benzene ring substituents is 1. The van der Waals surface area contributed by atoms with E-state index in [-0.39, 0.29) is 10.7 Å². The lowest BCUT2D eigenvalue weighted by Crippen LogP contribution is -2.25. The molecule has 1 aromatic heterocycles. The number of thioether (sulfide) groups is 1. The van der Waals surface area contributed by atoms with Crippen LogP contribution in [0.3, 0.4) is 0 Å². The van der Waals surface area contributed by atoms with Gasteiger partial charge in [0.05, 0.1) is 16.0 Å². The SMILES string of the molecule is CC(C)(c1ccccc1)c1nnc2n1N=C(c1ccc([N+](=O)[O-])c(Cl)c1)CS2. The van der Waals surface area contributed by atoms with Crippen LogP contribution in [-0.2, 0) is 5.41 Å². The van der Waals surface area contributed by atoms with E-state index in [4.69, 9.17) is 16.7 Å². The Kier molecular flexibility index (Phi) is 4.68. The Morgan fingerprint density at radius 3 is 2.61 bits per heavy atom. The lowest BCUT2D eigenvalue weighted by atomic mass is 9.84. The number of aromatic nitrogens is 3. The van der Waals surface area contributed by atoms with Crippen LogP contribution in [0.2, 0.25) is 5.02 Å². The number of nitrogens with zero attached hydrogens (tertiary/aromatic N) is 5. The van der Waals surface area contributed by atoms with Crippen molar-refractivity contribution >= 4 is 34.8 Å². The molecule has 0 spiro atoms. The second-order valence-electron chi connectivity index (χ2n) is 6.87. The van der Waals surface area contributed by atoms with Crippen LogP contribution < -0.4 is 0 Å². The van der Waals surface area contributed by atoms with Gasteiger partial charge in [-0.3, -0.25) is 10.1 Å². The summed E-state index contributed by atoms with van der Waals surface area (Å²) in [4.78, 5) is 10.5. The second-order valence-corrected chi connectivity index (χ2v) is 8.22. The van der Waals surface area contributed by atoms with Gasteiger partial charge in [-0.15, -0.1) is 10.2 Å². The van der Waals surface area contributed by atoms with Gasteiger partial charge in [0.25, 0.3) is 5.69 Å². The highest BCUT2D eigenvalue weighted by Crippen LogP contribution is 2.34. The van der Waals surface area contributed by atoms with Crippen molar-refractivity contribution in [2.24, 2.45) is 5.10 Å². The Balaban J connectivity index is 1.77. The van der Waals surface area contributed by atoms with Crippen LogP contribution in [0.15, 0.2) is 58.8 Å². The third-order valence-electron chi connectivity index (χ3n) is 4.70. The van der Waals surface area contributed by atoms with Crippen LogP contribution in [0.25, 0.3) is 0 Å². The number of rotatable bonds is 4. The maximum absolute atomic E-state index is 11.0. The molecule has 4 rings (SSSR count). The summed E-state index contributed by atoms with van der Waals surface area (Å²) in [6, 6.07) is 14.7. The number of hydrogen-bond donors (Lipinski definition) is 0. The molecule has 2 heterocycles. The quantitative estimate of drug-likeness (QED) is 0.463. The normalized spacial score (nSPS) is 13.8. The van der Waals surface area contributed by atoms with Crippen LogP contribution in [0.4, 0.5) is 5.69 Å². The molecule has 0 radical (unpaired) electrons. The summed E-state index contributed by atoms with van der Waals surface area (Å²) in [5.74, 6) is 1.31. The first-order chi connectivity index (χ1) is 13.4. The molecule has 0 amide bonds. The topological polar surface area (TPSA) is 86.2 Å². The second kappa shape index (κ2) is 7.03. The third kappa shape index (κ3) is 3.18. The highest BCUT2D eigenvalue weighted by Gasteiger charge is 2.32. The van der Waals surface area contributed by atoms with E-state index in [9.17, 15) is 10.1 Å². The molecule has 0 saturated carbocycles. The van der Waals surface area contributed by atoms with Gasteiger partial charge in [0, 0.05) is 17.4 Å². The maximum atomic E-state index is 11.0. The minimum absolute atomic E-state index is 0.0922. The summed E-state index contributed by atoms with van der Waals surface area (Å²) in [5.41, 5.74) is 2.10. The van der Waals surface area contributed by atoms with Crippen molar-refractivity contribution in [3.05, 3.63) is 80.6 Å². The molecule has 7 nitrogen and oxygen atoms in total. The van der Waals surface area contributed by atoms with E-state index >= 15 is 0 Å². The molecule has 28 heavy (non-hydrogen) atoms. The largest absolute Gasteiger partial charge is 0.287 e. The van der Waals surface area contributed by atoms with Crippen LogP contribution in [0, 0.1) is 10.1 Å². The summed E-state index contributed by atoms with van der Waals surface area (Å²) < 4.78 is 1.76. The van der Waals surface area contributed by atoms with E-state index in [1.165, 1.54) is 17.8 Å². The standard InChI is InChI=1S/C19H16ClN5O2S/c1-19(2,13-6-4-3-5-7-13)17-21-22-18-24(17)23-15(11-28-18)12-8-9-16(25(26)27)14(20)10-12/h3-10H,11H2,1-2H3. The molecule has 0 bridgehead atoms. The zero-order valence-electron chi connectivity index (χ0n) is 15.2. The minimum Gasteiger partial charge on any atom is -0.258 e. The molecule has 1 aliphatic heterocycles. The van der Waals surface area contributed by atoms with E-state index in [2.05, 4.69) is 36.2 Å². The van der Waals surface area contributed by atoms with E-state index in [1.54, 1.807) is 16.8 Å². The van der Waals surface area contributed by atoms with Crippen molar-refractivity contribution in [1.82, 2.24) is 14.9 Å². The molecule has 9 heteroatoms. The van der Waals surface area contributed by atoms with Gasteiger partial charge in [-0.2, -0.15) is 9.78 Å². The van der Waals surface area contributed by atoms with E-state index in [1.807, 2.05) is 18.2 Å². The summed E-state index contributed by atoms with van der Waals surface area (Å²) in [6.45, 7) is 4.16. The predicted molar refractivity (Wildman–Crippen MR) is 109 cm³/mol. The van der Waals surface area contributed by atoms with Gasteiger partial charge >= 0.3 is 0 Å². The Morgan fingerprint density at radius 2 is 1.93 bits per heavy atom. The van der Waals surface area contributed by atoms with Gasteiger partial charge in [0.2, 0.25) is 5.16 Å². The molecular weight excluding hydrogens is 398 g/mol. The Labute approximate surface area is 170 Å². The van der Waals surface area contributed by atoms with Crippen LogP contribution in [-0.4, -0.2) is 31.3 Å². The first-order valence-electron chi connectivity index (χ1n) is 8.54. The number of nitro groups is 1. The average molecular weight is 414 g/mol. The zero-order chi connectivity index (χ0) is 19.9. The fraction of sp³-hybridized carbons (Fsp3) is 0.211. The molecule has 2 aromatic carbocycles. The molecule has 0 aliphatic carbocycles. The van der Waals surface area contributed by atoms with Gasteiger partial charge < -0.3 is 0 Å². The van der Waals surface area contributed by atoms with E-state index in [0.717, 1.165) is 27.8 Å². The van der Waals surface area contributed by atoms with Gasteiger partial charge in [-0.1, -0.05) is 53.7 Å². The number of hydrogen-bond acceptors (Lipinski definition) is 6. The number of fused-ring (bicyclic) bond motifs is 1. The van der Waals surface area contributed by atoms with Crippen molar-refractivity contribution in [2.45, 2.75) is 24.4 Å². The Bertz CT molecular complexity index is 1090. The Hall–Kier alpha value is -2.71. The molecule has 0 fully saturated rings. The number of benzene rings is 2. The van der Waals surface area contributed by atoms with E-state index < -0.39 is 10.3 Å². The molecule has 0 atom stereocenters. The molecule has 0 saturated heterocycles. The van der Waals surface area contributed by atoms with Gasteiger partial charge in [0.15, 0.2) is 5.82 Å². The lowest BCUT2D eigenvalue weighted by Gasteiger charge is -2.25. The fourth-order valence-electron chi connectivity index (χ4n) is 3.08. The van der Waals surface area contributed by atoms with E-state index in [0.29, 0.717) is 5.75 Å². The lowest BCUT2D eigenvalue weighted by molar-refractivity contribution is -0.384. The summed E-state index contributed by atoms with van der Waals surface area (Å²) >= 11 is 7.59. The molecule has 0 N–H and O–H groups in total. The summed E-state index contributed by atoms with van der Waals surface area (Å²) in [5, 5.41) is 25.2. The molecular formula is C19H16ClN5O2S. The van der Waals surface area contributed by atoms with Crippen LogP contribution >= 0.6 is 23.4 Å². The molecule has 3 aromatic rings. The third-order valence-corrected chi connectivity index (χ3v) is 5.94. The minimum atomic E-state index is -0.498. The monoisotopic (exact) mass is 413 g/mol. The van der Waals surface area contributed by atoms with Gasteiger partial charge in [-0.05, 0) is 31.5 Å². The average Bonchev–Trinajstić information content (AvgIpc) is 3.12. The van der Waals surface area contributed by atoms with Crippen molar-refractivity contribution < 1.29 is 4.92 Å². The zero-order valence-corrected chi connectivity index (χ0v) is 16.7. The maximum Gasteiger partial charge on any atom is 0.287 e. The first-order valence-corrected chi connectivity index (χ1v) is 9.90. The van der Waals surface area contributed by atoms with Crippen molar-refractivity contribution in [3.63, 3.8) is 0 Å². The molecule has 1 aliphatic rings. The smallest absolute Gasteiger partial charge is 0.258 e. The molecule has 0 unspecified atom stereocenters. The Morgan fingerprint density at radius 1 is 1.18 bits per heavy atom. The molecule has 142 valence electrons. The highest BCUT2D eigenvalue weighted by atomic mass is 35.5. The van der Waals surface area contributed by atoms with Crippen molar-refractivity contribution in [2.75, 3.05) is 5.75 Å². The predicted octanol–water partition coefficient (Wildman–Crippen LogP) is 4.52. The van der Waals surface area contributed by atoms with Gasteiger partial charge in [0.1, 0.15) is 5.02 Å². The van der Waals surface area contributed by atoms with Crippen molar-refractivity contribution in [3.8, 4) is 0 Å². The van der Waals surface area contributed by atoms with Crippen LogP contribution in [0.1, 0.15) is 30.8 Å². The first kappa shape index (κ1) is 18.6. The fourth-order valence-corrected chi connectivity index (χ4v) is 4.17. The summed E-state index contributed by atoms with van der Waals surface area (Å²) in [6.07, 6.45) is 0.